The second-order valence-electron chi connectivity index (χ2n) is 12.2. The second-order valence-corrected chi connectivity index (χ2v) is 12.2. The molecule has 0 aromatic heterocycles. The number of aryl methyl sites for hydroxylation is 3. The van der Waals surface area contributed by atoms with Gasteiger partial charge in [-0.3, -0.25) is 19.7 Å². The molecule has 2 aliphatic rings. The van der Waals surface area contributed by atoms with Gasteiger partial charge in [0.05, 0.1) is 0 Å². The number of aliphatic carboxylic acids is 3. The summed E-state index contributed by atoms with van der Waals surface area (Å²) >= 11 is 4.30. The molecule has 0 saturated carbocycles. The van der Waals surface area contributed by atoms with Crippen LogP contribution in [0.3, 0.4) is 0 Å². The lowest BCUT2D eigenvalue weighted by Crippen LogP contribution is -1.96. The third-order valence-electron chi connectivity index (χ3n) is 7.28. The molecule has 13 nitrogen and oxygen atoms in total. The summed E-state index contributed by atoms with van der Waals surface area (Å²) in [6.07, 6.45) is 11.3. The van der Waals surface area contributed by atoms with Gasteiger partial charge in [0.1, 0.15) is 0 Å². The molecule has 0 atom stereocenters. The number of halogens is 2. The summed E-state index contributed by atoms with van der Waals surface area (Å²) in [7, 11) is 2.39. The number of benzene rings is 4. The molecule has 2 heterocycles. The third-order valence-corrected chi connectivity index (χ3v) is 7.28. The molecule has 0 aliphatic carbocycles. The number of carbonyl (C=O) groups is 3. The number of hydrogen-bond acceptors (Lipinski definition) is 9. The summed E-state index contributed by atoms with van der Waals surface area (Å²) in [4.78, 5) is 42.7. The Labute approximate surface area is 410 Å². The molecule has 4 aromatic carbocycles. The highest BCUT2D eigenvalue weighted by molar-refractivity contribution is 14.1. The van der Waals surface area contributed by atoms with E-state index in [1.807, 2.05) is 119 Å². The van der Waals surface area contributed by atoms with Crippen molar-refractivity contribution in [2.75, 3.05) is 57.0 Å². The first-order valence-electron chi connectivity index (χ1n) is 20.2. The zero-order chi connectivity index (χ0) is 48.2. The van der Waals surface area contributed by atoms with Crippen molar-refractivity contribution in [2.45, 2.75) is 64.2 Å². The smallest absolute Gasteiger partial charge is 0.328 e. The van der Waals surface area contributed by atoms with Crippen LogP contribution >= 0.6 is 45.2 Å². The SMILES string of the molecule is C1CCOC1.C1CCOC1.CI.CI.CN.C[N+](=O)[O-].O=C(O)/C=C/c1ccccc1.O=C(O)CCc1ccccc1.O=C(O)CCc1ccccc1.OCCCc1ccccc1.[B]. The highest BCUT2D eigenvalue weighted by Crippen LogP contribution is 2.04. The first-order chi connectivity index (χ1) is 30.5. The monoisotopic (exact) mass is 1120 g/mol. The minimum absolute atomic E-state index is 0. The minimum atomic E-state index is -0.922. The van der Waals surface area contributed by atoms with Crippen LogP contribution in [0.15, 0.2) is 127 Å². The van der Waals surface area contributed by atoms with Crippen LogP contribution in [0.4, 0.5) is 0 Å². The topological polar surface area (TPSA) is 220 Å². The van der Waals surface area contributed by atoms with Gasteiger partial charge in [-0.15, -0.1) is 0 Å². The molecule has 16 heteroatoms. The van der Waals surface area contributed by atoms with E-state index in [4.69, 9.17) is 40.0 Å². The van der Waals surface area contributed by atoms with Crippen molar-refractivity contribution in [2.24, 2.45) is 5.73 Å². The molecule has 0 amide bonds. The average Bonchev–Trinajstić information content (AvgIpc) is 4.12. The molecule has 6 N–H and O–H groups in total. The van der Waals surface area contributed by atoms with Crippen LogP contribution in [0.5, 0.6) is 0 Å². The fourth-order valence-corrected chi connectivity index (χ4v) is 4.47. The van der Waals surface area contributed by atoms with Gasteiger partial charge in [-0.25, -0.2) is 4.79 Å². The predicted molar refractivity (Wildman–Crippen MR) is 279 cm³/mol. The van der Waals surface area contributed by atoms with Crippen molar-refractivity contribution in [3.05, 3.63) is 160 Å². The van der Waals surface area contributed by atoms with Gasteiger partial charge in [-0.05, 0) is 96.6 Å². The van der Waals surface area contributed by atoms with Crippen molar-refractivity contribution in [3.63, 3.8) is 0 Å². The summed E-state index contributed by atoms with van der Waals surface area (Å²) in [6.45, 7) is 4.29. The Hall–Kier alpha value is -4.21. The van der Waals surface area contributed by atoms with E-state index >= 15 is 0 Å². The Morgan fingerprint density at radius 3 is 1.12 bits per heavy atom. The number of carboxylic acids is 3. The number of nitro groups is 1. The lowest BCUT2D eigenvalue weighted by atomic mass is 10.1. The Balaban J connectivity index is -0.000000212. The second kappa shape index (κ2) is 56.8. The molecule has 2 aliphatic heterocycles. The lowest BCUT2D eigenvalue weighted by molar-refractivity contribution is -0.445. The first-order valence-corrected chi connectivity index (χ1v) is 24.5. The van der Waals surface area contributed by atoms with Crippen LogP contribution in [-0.4, -0.2) is 109 Å². The molecule has 0 unspecified atom stereocenters. The largest absolute Gasteiger partial charge is 0.481 e. The number of ether oxygens (including phenoxy) is 2. The van der Waals surface area contributed by atoms with Gasteiger partial charge < -0.3 is 35.6 Å². The Kier molecular flexibility index (Phi) is 61.1. The molecule has 0 spiro atoms. The lowest BCUT2D eigenvalue weighted by Gasteiger charge is -1.96. The van der Waals surface area contributed by atoms with Crippen LogP contribution in [-0.2, 0) is 43.1 Å². The molecule has 2 fully saturated rings. The number of aliphatic hydroxyl groups excluding tert-OH is 1. The van der Waals surface area contributed by atoms with Gasteiger partial charge in [0.2, 0.25) is 0 Å². The molecule has 355 valence electrons. The fraction of sp³-hybridized carbons (Fsp3) is 0.396. The fourth-order valence-electron chi connectivity index (χ4n) is 4.47. The highest BCUT2D eigenvalue weighted by atomic mass is 127. The summed E-state index contributed by atoms with van der Waals surface area (Å²) in [5.74, 6) is -2.41. The van der Waals surface area contributed by atoms with E-state index in [0.717, 1.165) is 69.1 Å². The van der Waals surface area contributed by atoms with E-state index in [1.165, 1.54) is 38.3 Å². The molecule has 0 bridgehead atoms. The molecule has 6 rings (SSSR count). The van der Waals surface area contributed by atoms with Crippen molar-refractivity contribution in [3.8, 4) is 0 Å². The number of nitrogens with zero attached hydrogens (tertiary/aromatic N) is 1. The molecule has 3 radical (unpaired) electrons. The van der Waals surface area contributed by atoms with Crippen molar-refractivity contribution in [1.82, 2.24) is 0 Å². The van der Waals surface area contributed by atoms with E-state index in [0.29, 0.717) is 12.8 Å². The molecule has 2 saturated heterocycles. The summed E-state index contributed by atoms with van der Waals surface area (Å²) in [6, 6.07) is 38.7. The Morgan fingerprint density at radius 2 is 0.891 bits per heavy atom. The van der Waals surface area contributed by atoms with Crippen molar-refractivity contribution in [1.29, 1.82) is 0 Å². The van der Waals surface area contributed by atoms with Gasteiger partial charge in [-0.2, -0.15) is 0 Å². The molecule has 4 aromatic rings. The minimum Gasteiger partial charge on any atom is -0.481 e. The number of nitrogens with two attached hydrogens (primary N) is 1. The van der Waals surface area contributed by atoms with E-state index in [2.05, 4.69) is 63.0 Å². The summed E-state index contributed by atoms with van der Waals surface area (Å²) < 4.78 is 9.89. The summed E-state index contributed by atoms with van der Waals surface area (Å²) in [5.41, 5.74) is 8.86. The van der Waals surface area contributed by atoms with Gasteiger partial charge in [0, 0.05) is 65.3 Å². The first kappa shape index (κ1) is 68.8. The quantitative estimate of drug-likeness (QED) is 0.0237. The van der Waals surface area contributed by atoms with Crippen LogP contribution < -0.4 is 5.73 Å². The maximum Gasteiger partial charge on any atom is 0.328 e. The maximum atomic E-state index is 10.2. The van der Waals surface area contributed by atoms with Crippen molar-refractivity contribution < 1.29 is 49.2 Å². The van der Waals surface area contributed by atoms with Gasteiger partial charge in [0.25, 0.3) is 0 Å². The molecule has 64 heavy (non-hydrogen) atoms. The van der Waals surface area contributed by atoms with Crippen LogP contribution in [0.1, 0.15) is 67.2 Å². The Morgan fingerprint density at radius 1 is 0.609 bits per heavy atom. The van der Waals surface area contributed by atoms with E-state index in [9.17, 15) is 14.4 Å². The average molecular weight is 1120 g/mol. The van der Waals surface area contributed by atoms with Gasteiger partial charge >= 0.3 is 17.9 Å². The van der Waals surface area contributed by atoms with E-state index < -0.39 is 22.8 Å². The van der Waals surface area contributed by atoms with Crippen LogP contribution in [0.2, 0.25) is 0 Å². The van der Waals surface area contributed by atoms with E-state index in [-0.39, 0.29) is 27.9 Å². The number of alkyl halides is 2. The maximum absolute atomic E-state index is 10.2. The van der Waals surface area contributed by atoms with Crippen LogP contribution in [0, 0.1) is 10.1 Å². The zero-order valence-electron chi connectivity index (χ0n) is 37.8. The van der Waals surface area contributed by atoms with Gasteiger partial charge in [0.15, 0.2) is 7.05 Å². The number of rotatable bonds is 11. The zero-order valence-corrected chi connectivity index (χ0v) is 42.1. The Bertz CT molecular complexity index is 1520. The summed E-state index contributed by atoms with van der Waals surface area (Å²) in [5, 5.41) is 42.4. The number of aliphatic hydroxyl groups is 1. The predicted octanol–water partition coefficient (Wildman–Crippen LogP) is 9.59. The molecular weight excluding hydrogens is 1050 g/mol. The molecular formula is C48H70BI2N2O11. The standard InChI is InChI=1S/2C9H10O2.C9H8O2.C9H12O.2C4H8O.2CH3I.CH3NO2.CH5N.B/c3*10-9(11)7-6-8-4-2-1-3-5-8;10-8-4-7-9-5-2-1-3-6-9;2*1-2-4-5-3-1;2*1-2;1-2(3)4;1-2;/h2*1-5H,6-7H2,(H,10,11);1-7H,(H,10,11);1-3,5-6,10H,4,7-8H2;2*1-4H2;2*1H3;1H3;2H2,1H3;/b;;7-6+;;;;;;;;. The normalized spacial score (nSPS) is 10.9. The van der Waals surface area contributed by atoms with Gasteiger partial charge in [-0.1, -0.05) is 167 Å². The number of hydrogen-bond donors (Lipinski definition) is 5. The third kappa shape index (κ3) is 57.8. The number of carboxylic acid groups (broad SMARTS) is 3. The highest BCUT2D eigenvalue weighted by Gasteiger charge is 1.98. The van der Waals surface area contributed by atoms with E-state index in [1.54, 1.807) is 6.08 Å². The van der Waals surface area contributed by atoms with Crippen LogP contribution in [0.25, 0.3) is 6.08 Å². The van der Waals surface area contributed by atoms with Crippen molar-refractivity contribution >= 4 is 77.6 Å².